The Morgan fingerprint density at radius 2 is 1.82 bits per heavy atom. The first-order valence-electron chi connectivity index (χ1n) is 9.68. The Hall–Kier alpha value is -2.31. The first-order chi connectivity index (χ1) is 12.8. The number of likely N-dealkylation sites (tertiary alicyclic amines) is 1. The van der Waals surface area contributed by atoms with Crippen LogP contribution in [-0.2, 0) is 14.3 Å². The van der Waals surface area contributed by atoms with E-state index >= 15 is 0 Å². The molecule has 1 aromatic rings. The van der Waals surface area contributed by atoms with E-state index < -0.39 is 22.7 Å². The summed E-state index contributed by atoms with van der Waals surface area (Å²) in [5.41, 5.74) is -0.315. The second-order valence-corrected chi connectivity index (χ2v) is 9.42. The van der Waals surface area contributed by atoms with Crippen LogP contribution >= 0.6 is 0 Å². The molecule has 1 unspecified atom stereocenters. The molecule has 1 aliphatic heterocycles. The molecule has 1 aliphatic rings. The molecule has 2 rings (SSSR count). The van der Waals surface area contributed by atoms with Crippen LogP contribution in [0, 0.1) is 12.3 Å². The number of carbonyl (C=O) groups is 2. The van der Waals surface area contributed by atoms with Crippen LogP contribution < -0.4 is 5.32 Å². The summed E-state index contributed by atoms with van der Waals surface area (Å²) in [7, 11) is 0. The number of aromatic nitrogens is 1. The molecule has 1 saturated heterocycles. The van der Waals surface area contributed by atoms with Gasteiger partial charge < -0.3 is 19.7 Å². The maximum Gasteiger partial charge on any atom is 0.410 e. The summed E-state index contributed by atoms with van der Waals surface area (Å²) in [6.07, 6.45) is 1.83. The van der Waals surface area contributed by atoms with E-state index in [0.717, 1.165) is 11.4 Å². The summed E-state index contributed by atoms with van der Waals surface area (Å²) in [6.45, 7) is 14.0. The zero-order valence-electron chi connectivity index (χ0n) is 18.1. The van der Waals surface area contributed by atoms with Gasteiger partial charge in [0.2, 0.25) is 0 Å². The van der Waals surface area contributed by atoms with Gasteiger partial charge in [-0.1, -0.05) is 0 Å². The minimum absolute atomic E-state index is 0.253. The van der Waals surface area contributed by atoms with Crippen molar-refractivity contribution >= 4 is 17.7 Å². The number of pyridine rings is 1. The van der Waals surface area contributed by atoms with Crippen molar-refractivity contribution in [2.75, 3.05) is 25.0 Å². The van der Waals surface area contributed by atoms with Crippen LogP contribution in [0.25, 0.3) is 0 Å². The second kappa shape index (κ2) is 7.97. The fourth-order valence-corrected chi connectivity index (χ4v) is 3.06. The third-order valence-electron chi connectivity index (χ3n) is 4.46. The Bertz CT molecular complexity index is 721. The summed E-state index contributed by atoms with van der Waals surface area (Å²) in [6, 6.07) is 3.77. The predicted molar refractivity (Wildman–Crippen MR) is 108 cm³/mol. The lowest BCUT2D eigenvalue weighted by atomic mass is 9.86. The van der Waals surface area contributed by atoms with Crippen molar-refractivity contribution in [3.63, 3.8) is 0 Å². The molecule has 1 atom stereocenters. The molecule has 0 radical (unpaired) electrons. The third-order valence-corrected chi connectivity index (χ3v) is 4.46. The Morgan fingerprint density at radius 3 is 2.39 bits per heavy atom. The summed E-state index contributed by atoms with van der Waals surface area (Å²) < 4.78 is 11.2. The third kappa shape index (κ3) is 5.84. The lowest BCUT2D eigenvalue weighted by Gasteiger charge is -2.32. The van der Waals surface area contributed by atoms with Gasteiger partial charge in [0.15, 0.2) is 0 Å². The molecule has 1 amide bonds. The molecule has 1 aromatic heterocycles. The minimum atomic E-state index is -0.841. The molecule has 1 N–H and O–H groups in total. The number of hydrogen-bond donors (Lipinski definition) is 1. The van der Waals surface area contributed by atoms with E-state index in [1.54, 1.807) is 11.1 Å². The van der Waals surface area contributed by atoms with Gasteiger partial charge in [0.25, 0.3) is 0 Å². The van der Waals surface area contributed by atoms with Crippen molar-refractivity contribution in [2.45, 2.75) is 66.1 Å². The van der Waals surface area contributed by atoms with E-state index in [9.17, 15) is 9.59 Å². The van der Waals surface area contributed by atoms with Crippen LogP contribution in [0.5, 0.6) is 0 Å². The van der Waals surface area contributed by atoms with Crippen molar-refractivity contribution in [1.82, 2.24) is 9.88 Å². The zero-order valence-corrected chi connectivity index (χ0v) is 18.1. The normalized spacial score (nSPS) is 20.0. The summed E-state index contributed by atoms with van der Waals surface area (Å²) >= 11 is 0. The molecular weight excluding hydrogens is 358 g/mol. The SMILES string of the molecule is Cc1ncccc1NCC1(C(=O)OC(C)(C)C)CCN(C(=O)OC(C)(C)C)C1. The Balaban J connectivity index is 2.19. The topological polar surface area (TPSA) is 80.8 Å². The van der Waals surface area contributed by atoms with Crippen molar-refractivity contribution in [1.29, 1.82) is 0 Å². The molecule has 7 nitrogen and oxygen atoms in total. The molecule has 2 heterocycles. The zero-order chi connectivity index (χ0) is 21.2. The molecule has 28 heavy (non-hydrogen) atoms. The molecule has 0 saturated carbocycles. The predicted octanol–water partition coefficient (Wildman–Crippen LogP) is 3.77. The number of carbonyl (C=O) groups excluding carboxylic acids is 2. The van der Waals surface area contributed by atoms with Crippen LogP contribution in [0.3, 0.4) is 0 Å². The van der Waals surface area contributed by atoms with Gasteiger partial charge in [0, 0.05) is 25.8 Å². The number of esters is 1. The Kier molecular flexibility index (Phi) is 6.26. The molecular formula is C21H33N3O4. The number of aryl methyl sites for hydroxylation is 1. The molecule has 7 heteroatoms. The number of nitrogens with zero attached hydrogens (tertiary/aromatic N) is 2. The van der Waals surface area contributed by atoms with E-state index in [-0.39, 0.29) is 12.5 Å². The maximum atomic E-state index is 13.1. The minimum Gasteiger partial charge on any atom is -0.459 e. The highest BCUT2D eigenvalue weighted by Gasteiger charge is 2.49. The monoisotopic (exact) mass is 391 g/mol. The molecule has 0 aliphatic carbocycles. The van der Waals surface area contributed by atoms with Gasteiger partial charge in [-0.15, -0.1) is 0 Å². The standard InChI is InChI=1S/C21H33N3O4/c1-15-16(9-8-11-22-15)23-13-21(17(25)27-19(2,3)4)10-12-24(14-21)18(26)28-20(5,6)7/h8-9,11,23H,10,12-14H2,1-7H3. The van der Waals surface area contributed by atoms with E-state index in [2.05, 4.69) is 10.3 Å². The average molecular weight is 392 g/mol. The lowest BCUT2D eigenvalue weighted by molar-refractivity contribution is -0.166. The van der Waals surface area contributed by atoms with Crippen LogP contribution in [0.4, 0.5) is 10.5 Å². The number of amides is 1. The first kappa shape index (κ1) is 22.0. The highest BCUT2D eigenvalue weighted by atomic mass is 16.6. The second-order valence-electron chi connectivity index (χ2n) is 9.42. The maximum absolute atomic E-state index is 13.1. The van der Waals surface area contributed by atoms with Gasteiger partial charge in [-0.3, -0.25) is 9.78 Å². The number of ether oxygens (including phenoxy) is 2. The summed E-state index contributed by atoms with van der Waals surface area (Å²) in [5, 5.41) is 3.33. The van der Waals surface area contributed by atoms with E-state index in [1.807, 2.05) is 60.6 Å². The van der Waals surface area contributed by atoms with Gasteiger partial charge in [0.1, 0.15) is 16.6 Å². The number of rotatable bonds is 4. The highest BCUT2D eigenvalue weighted by molar-refractivity contribution is 5.81. The quantitative estimate of drug-likeness (QED) is 0.787. The van der Waals surface area contributed by atoms with Gasteiger partial charge >= 0.3 is 12.1 Å². The smallest absolute Gasteiger partial charge is 0.410 e. The molecule has 0 bridgehead atoms. The number of hydrogen-bond acceptors (Lipinski definition) is 6. The summed E-state index contributed by atoms with van der Waals surface area (Å²) in [5.74, 6) is -0.305. The van der Waals surface area contributed by atoms with Crippen molar-refractivity contribution < 1.29 is 19.1 Å². The molecule has 156 valence electrons. The van der Waals surface area contributed by atoms with Crippen molar-refractivity contribution in [2.24, 2.45) is 5.41 Å². The number of nitrogens with one attached hydrogen (secondary N) is 1. The fourth-order valence-electron chi connectivity index (χ4n) is 3.06. The van der Waals surface area contributed by atoms with Gasteiger partial charge in [-0.2, -0.15) is 0 Å². The Labute approximate surface area is 167 Å². The van der Waals surface area contributed by atoms with E-state index in [4.69, 9.17) is 9.47 Å². The van der Waals surface area contributed by atoms with Gasteiger partial charge in [-0.05, 0) is 67.0 Å². The van der Waals surface area contributed by atoms with Crippen LogP contribution in [-0.4, -0.2) is 52.8 Å². The van der Waals surface area contributed by atoms with Gasteiger partial charge in [0.05, 0.1) is 11.4 Å². The van der Waals surface area contributed by atoms with Crippen LogP contribution in [0.15, 0.2) is 18.3 Å². The highest BCUT2D eigenvalue weighted by Crippen LogP contribution is 2.35. The first-order valence-corrected chi connectivity index (χ1v) is 9.68. The Morgan fingerprint density at radius 1 is 1.18 bits per heavy atom. The van der Waals surface area contributed by atoms with Crippen LogP contribution in [0.2, 0.25) is 0 Å². The largest absolute Gasteiger partial charge is 0.459 e. The van der Waals surface area contributed by atoms with Gasteiger partial charge in [-0.25, -0.2) is 4.79 Å². The lowest BCUT2D eigenvalue weighted by Crippen LogP contribution is -2.46. The average Bonchev–Trinajstić information content (AvgIpc) is 2.97. The van der Waals surface area contributed by atoms with E-state index in [1.165, 1.54) is 0 Å². The van der Waals surface area contributed by atoms with Crippen LogP contribution in [0.1, 0.15) is 53.7 Å². The molecule has 0 aromatic carbocycles. The number of anilines is 1. The van der Waals surface area contributed by atoms with E-state index in [0.29, 0.717) is 19.5 Å². The van der Waals surface area contributed by atoms with Crippen molar-refractivity contribution in [3.05, 3.63) is 24.0 Å². The molecule has 1 fully saturated rings. The van der Waals surface area contributed by atoms with Crippen molar-refractivity contribution in [3.8, 4) is 0 Å². The molecule has 0 spiro atoms. The summed E-state index contributed by atoms with van der Waals surface area (Å²) in [4.78, 5) is 31.5. The fraction of sp³-hybridized carbons (Fsp3) is 0.667.